The Kier molecular flexibility index (Phi) is 3.46. The van der Waals surface area contributed by atoms with Crippen molar-refractivity contribution in [3.8, 4) is 11.8 Å². The normalized spacial score (nSPS) is 13.9. The number of nitriles is 1. The number of hydrogen-bond donors (Lipinski definition) is 1. The Morgan fingerprint density at radius 1 is 1.30 bits per heavy atom. The van der Waals surface area contributed by atoms with Crippen LogP contribution in [0, 0.1) is 11.3 Å². The van der Waals surface area contributed by atoms with Gasteiger partial charge in [0.2, 0.25) is 6.29 Å². The molecule has 0 aliphatic carbocycles. The number of rotatable bonds is 5. The molecular weight excluding hydrogens is 256 g/mol. The Morgan fingerprint density at radius 2 is 2.15 bits per heavy atom. The predicted molar refractivity (Wildman–Crippen MR) is 72.8 cm³/mol. The Balaban J connectivity index is 1.65. The number of nitrogens with one attached hydrogen (secondary N) is 1. The lowest BCUT2D eigenvalue weighted by molar-refractivity contribution is -0.0353. The molecule has 0 saturated carbocycles. The first-order valence-corrected chi connectivity index (χ1v) is 6.42. The van der Waals surface area contributed by atoms with E-state index < -0.39 is 0 Å². The third kappa shape index (κ3) is 2.54. The fourth-order valence-electron chi connectivity index (χ4n) is 2.16. The Labute approximate surface area is 116 Å². The number of hydrogen-bond acceptors (Lipinski definition) is 4. The van der Waals surface area contributed by atoms with Crippen LogP contribution in [0.2, 0.25) is 0 Å². The highest BCUT2D eigenvalue weighted by atomic mass is 16.7. The summed E-state index contributed by atoms with van der Waals surface area (Å²) in [6.07, 6.45) is 5.72. The molecule has 0 unspecified atom stereocenters. The summed E-state index contributed by atoms with van der Waals surface area (Å²) in [4.78, 5) is 3.15. The van der Waals surface area contributed by atoms with Crippen molar-refractivity contribution >= 4 is 10.9 Å². The molecule has 5 heteroatoms. The van der Waals surface area contributed by atoms with Crippen LogP contribution >= 0.6 is 0 Å². The lowest BCUT2D eigenvalue weighted by atomic mass is 10.1. The average Bonchev–Trinajstić information content (AvgIpc) is 3.10. The van der Waals surface area contributed by atoms with Crippen molar-refractivity contribution in [1.29, 1.82) is 5.26 Å². The van der Waals surface area contributed by atoms with E-state index in [-0.39, 0.29) is 6.29 Å². The molecule has 0 amide bonds. The quantitative estimate of drug-likeness (QED) is 0.907. The standard InChI is InChI=1S/C15H14N2O3/c16-5-3-11-10-17-14-2-1-12(9-13(11)14)18-6-4-15-19-7-8-20-15/h1-2,7-10,15,17H,3-4,6H2. The van der Waals surface area contributed by atoms with Gasteiger partial charge in [-0.1, -0.05) is 0 Å². The van der Waals surface area contributed by atoms with E-state index in [1.165, 1.54) is 12.5 Å². The first-order valence-electron chi connectivity index (χ1n) is 6.42. The predicted octanol–water partition coefficient (Wildman–Crippen LogP) is 2.85. The van der Waals surface area contributed by atoms with Crippen molar-refractivity contribution < 1.29 is 14.2 Å². The van der Waals surface area contributed by atoms with Crippen molar-refractivity contribution in [1.82, 2.24) is 4.98 Å². The van der Waals surface area contributed by atoms with Crippen LogP contribution in [0.3, 0.4) is 0 Å². The smallest absolute Gasteiger partial charge is 0.242 e. The number of nitrogens with zero attached hydrogens (tertiary/aromatic N) is 1. The maximum atomic E-state index is 8.80. The molecule has 2 aromatic rings. The van der Waals surface area contributed by atoms with Gasteiger partial charge in [0, 0.05) is 17.1 Å². The van der Waals surface area contributed by atoms with E-state index in [9.17, 15) is 0 Å². The second-order valence-corrected chi connectivity index (χ2v) is 4.47. The number of benzene rings is 1. The molecule has 1 aromatic carbocycles. The average molecular weight is 270 g/mol. The Hall–Kier alpha value is -2.61. The highest BCUT2D eigenvalue weighted by Crippen LogP contribution is 2.24. The molecule has 1 aliphatic heterocycles. The number of fused-ring (bicyclic) bond motifs is 1. The number of ether oxygens (including phenoxy) is 3. The van der Waals surface area contributed by atoms with Crippen LogP contribution < -0.4 is 4.74 Å². The minimum atomic E-state index is -0.250. The highest BCUT2D eigenvalue weighted by Gasteiger charge is 2.12. The fraction of sp³-hybridized carbons (Fsp3) is 0.267. The first-order chi connectivity index (χ1) is 9.86. The molecule has 5 nitrogen and oxygen atoms in total. The van der Waals surface area contributed by atoms with E-state index in [0.29, 0.717) is 19.4 Å². The molecular formula is C15H14N2O3. The zero-order valence-corrected chi connectivity index (χ0v) is 10.8. The van der Waals surface area contributed by atoms with Gasteiger partial charge in [-0.3, -0.25) is 0 Å². The summed E-state index contributed by atoms with van der Waals surface area (Å²) in [5.41, 5.74) is 1.99. The monoisotopic (exact) mass is 270 g/mol. The molecule has 0 saturated heterocycles. The summed E-state index contributed by atoms with van der Waals surface area (Å²) < 4.78 is 16.0. The summed E-state index contributed by atoms with van der Waals surface area (Å²) in [5, 5.41) is 9.83. The van der Waals surface area contributed by atoms with Crippen LogP contribution in [0.25, 0.3) is 10.9 Å². The van der Waals surface area contributed by atoms with Crippen LogP contribution in [0.1, 0.15) is 12.0 Å². The molecule has 0 fully saturated rings. The molecule has 20 heavy (non-hydrogen) atoms. The van der Waals surface area contributed by atoms with Gasteiger partial charge in [-0.05, 0) is 23.8 Å². The zero-order valence-electron chi connectivity index (χ0n) is 10.8. The first kappa shape index (κ1) is 12.4. The van der Waals surface area contributed by atoms with E-state index in [4.69, 9.17) is 19.5 Å². The second-order valence-electron chi connectivity index (χ2n) is 4.47. The lowest BCUT2D eigenvalue weighted by Gasteiger charge is -2.11. The van der Waals surface area contributed by atoms with Gasteiger partial charge in [0.15, 0.2) is 0 Å². The van der Waals surface area contributed by atoms with E-state index in [2.05, 4.69) is 11.1 Å². The fourth-order valence-corrected chi connectivity index (χ4v) is 2.16. The summed E-state index contributed by atoms with van der Waals surface area (Å²) in [5.74, 6) is 0.780. The summed E-state index contributed by atoms with van der Waals surface area (Å²) in [7, 11) is 0. The van der Waals surface area contributed by atoms with Gasteiger partial charge in [0.25, 0.3) is 0 Å². The maximum absolute atomic E-state index is 8.80. The molecule has 0 spiro atoms. The van der Waals surface area contributed by atoms with Crippen molar-refractivity contribution in [2.45, 2.75) is 19.1 Å². The zero-order chi connectivity index (χ0) is 13.8. The van der Waals surface area contributed by atoms with E-state index in [1.54, 1.807) is 0 Å². The van der Waals surface area contributed by atoms with Crippen molar-refractivity contribution in [3.05, 3.63) is 42.5 Å². The third-order valence-electron chi connectivity index (χ3n) is 3.15. The van der Waals surface area contributed by atoms with Gasteiger partial charge in [-0.2, -0.15) is 5.26 Å². The topological polar surface area (TPSA) is 67.3 Å². The molecule has 0 bridgehead atoms. The van der Waals surface area contributed by atoms with Crippen LogP contribution in [-0.2, 0) is 15.9 Å². The minimum Gasteiger partial charge on any atom is -0.493 e. The van der Waals surface area contributed by atoms with Crippen molar-refractivity contribution in [2.24, 2.45) is 0 Å². The van der Waals surface area contributed by atoms with Gasteiger partial charge in [-0.25, -0.2) is 0 Å². The van der Waals surface area contributed by atoms with Crippen molar-refractivity contribution in [2.75, 3.05) is 6.61 Å². The molecule has 0 radical (unpaired) electrons. The summed E-state index contributed by atoms with van der Waals surface area (Å²) in [6.45, 7) is 0.510. The molecule has 1 N–H and O–H groups in total. The SMILES string of the molecule is N#CCc1c[nH]c2ccc(OCCC3OC=CO3)cc12. The minimum absolute atomic E-state index is 0.250. The Bertz CT molecular complexity index is 661. The molecule has 1 aliphatic rings. The molecule has 2 heterocycles. The molecule has 3 rings (SSSR count). The van der Waals surface area contributed by atoms with E-state index in [1.807, 2.05) is 24.4 Å². The van der Waals surface area contributed by atoms with Gasteiger partial charge in [0.1, 0.15) is 18.3 Å². The molecule has 1 aromatic heterocycles. The third-order valence-corrected chi connectivity index (χ3v) is 3.15. The number of aromatic amines is 1. The lowest BCUT2D eigenvalue weighted by Crippen LogP contribution is -2.12. The van der Waals surface area contributed by atoms with Crippen molar-refractivity contribution in [3.63, 3.8) is 0 Å². The second kappa shape index (κ2) is 5.57. The van der Waals surface area contributed by atoms with Crippen LogP contribution in [0.15, 0.2) is 36.9 Å². The summed E-state index contributed by atoms with van der Waals surface area (Å²) in [6, 6.07) is 7.97. The number of H-pyrrole nitrogens is 1. The Morgan fingerprint density at radius 3 is 2.95 bits per heavy atom. The van der Waals surface area contributed by atoms with Crippen LogP contribution in [0.4, 0.5) is 0 Å². The highest BCUT2D eigenvalue weighted by molar-refractivity contribution is 5.84. The summed E-state index contributed by atoms with van der Waals surface area (Å²) >= 11 is 0. The van der Waals surface area contributed by atoms with Gasteiger partial charge < -0.3 is 19.2 Å². The van der Waals surface area contributed by atoms with E-state index >= 15 is 0 Å². The van der Waals surface area contributed by atoms with Gasteiger partial charge in [0.05, 0.1) is 25.5 Å². The molecule has 102 valence electrons. The van der Waals surface area contributed by atoms with E-state index in [0.717, 1.165) is 22.2 Å². The van der Waals surface area contributed by atoms with Gasteiger partial charge >= 0.3 is 0 Å². The number of aromatic nitrogens is 1. The largest absolute Gasteiger partial charge is 0.493 e. The maximum Gasteiger partial charge on any atom is 0.242 e. The molecule has 0 atom stereocenters. The van der Waals surface area contributed by atoms with Crippen LogP contribution in [-0.4, -0.2) is 17.9 Å². The van der Waals surface area contributed by atoms with Crippen LogP contribution in [0.5, 0.6) is 5.75 Å². The van der Waals surface area contributed by atoms with Gasteiger partial charge in [-0.15, -0.1) is 0 Å².